The highest BCUT2D eigenvalue weighted by Crippen LogP contribution is 2.29. The maximum absolute atomic E-state index is 12.5. The number of piperidine rings is 1. The summed E-state index contributed by atoms with van der Waals surface area (Å²) in [5.74, 6) is 0.236. The second-order valence-electron chi connectivity index (χ2n) is 4.92. The molecule has 0 aromatic carbocycles. The zero-order valence-corrected chi connectivity index (χ0v) is 11.4. The molecule has 0 aromatic heterocycles. The van der Waals surface area contributed by atoms with Gasteiger partial charge in [0, 0.05) is 26.7 Å². The van der Waals surface area contributed by atoms with Crippen LogP contribution in [0.4, 0.5) is 0 Å². The van der Waals surface area contributed by atoms with E-state index in [0.29, 0.717) is 12.6 Å². The molecule has 0 spiro atoms. The van der Waals surface area contributed by atoms with Gasteiger partial charge in [-0.3, -0.25) is 4.79 Å². The maximum atomic E-state index is 12.5. The SMILES string of the molecule is CCC(CC)(CN)C(=O)N1CCC(OC)CC1. The molecule has 1 fully saturated rings. The van der Waals surface area contributed by atoms with Crippen LogP contribution in [0.5, 0.6) is 0 Å². The van der Waals surface area contributed by atoms with E-state index in [1.165, 1.54) is 0 Å². The van der Waals surface area contributed by atoms with Crippen molar-refractivity contribution in [2.75, 3.05) is 26.7 Å². The van der Waals surface area contributed by atoms with Crippen molar-refractivity contribution in [3.63, 3.8) is 0 Å². The first-order chi connectivity index (χ1) is 8.13. The monoisotopic (exact) mass is 242 g/mol. The predicted molar refractivity (Wildman–Crippen MR) is 68.7 cm³/mol. The smallest absolute Gasteiger partial charge is 0.230 e. The first-order valence-corrected chi connectivity index (χ1v) is 6.65. The van der Waals surface area contributed by atoms with E-state index >= 15 is 0 Å². The van der Waals surface area contributed by atoms with Gasteiger partial charge in [-0.2, -0.15) is 0 Å². The second kappa shape index (κ2) is 6.36. The standard InChI is InChI=1S/C13H26N2O2/c1-4-13(5-2,10-14)12(16)15-8-6-11(17-3)7-9-15/h11H,4-10,14H2,1-3H3. The van der Waals surface area contributed by atoms with Gasteiger partial charge >= 0.3 is 0 Å². The molecule has 0 unspecified atom stereocenters. The highest BCUT2D eigenvalue weighted by Gasteiger charge is 2.37. The average Bonchev–Trinajstić information content (AvgIpc) is 2.41. The maximum Gasteiger partial charge on any atom is 0.230 e. The Labute approximate surface area is 104 Å². The third kappa shape index (κ3) is 2.99. The summed E-state index contributed by atoms with van der Waals surface area (Å²) in [6.07, 6.45) is 3.84. The zero-order valence-electron chi connectivity index (χ0n) is 11.4. The van der Waals surface area contributed by atoms with Gasteiger partial charge in [0.1, 0.15) is 0 Å². The van der Waals surface area contributed by atoms with Crippen molar-refractivity contribution in [3.8, 4) is 0 Å². The molecule has 100 valence electrons. The quantitative estimate of drug-likeness (QED) is 0.792. The molecule has 0 bridgehead atoms. The van der Waals surface area contributed by atoms with Crippen LogP contribution < -0.4 is 5.73 Å². The summed E-state index contributed by atoms with van der Waals surface area (Å²) in [6, 6.07) is 0. The Morgan fingerprint density at radius 2 is 1.88 bits per heavy atom. The fourth-order valence-corrected chi connectivity index (χ4v) is 2.56. The number of nitrogens with zero attached hydrogens (tertiary/aromatic N) is 1. The van der Waals surface area contributed by atoms with Gasteiger partial charge in [-0.05, 0) is 25.7 Å². The molecule has 0 saturated carbocycles. The molecule has 4 heteroatoms. The van der Waals surface area contributed by atoms with E-state index in [1.54, 1.807) is 7.11 Å². The Morgan fingerprint density at radius 3 is 2.24 bits per heavy atom. The van der Waals surface area contributed by atoms with Crippen LogP contribution >= 0.6 is 0 Å². The van der Waals surface area contributed by atoms with E-state index in [2.05, 4.69) is 13.8 Å². The van der Waals surface area contributed by atoms with Crippen molar-refractivity contribution in [2.45, 2.75) is 45.6 Å². The van der Waals surface area contributed by atoms with Crippen LogP contribution in [0.15, 0.2) is 0 Å². The number of amides is 1. The first kappa shape index (κ1) is 14.5. The molecule has 0 aliphatic carbocycles. The third-order valence-electron chi connectivity index (χ3n) is 4.26. The van der Waals surface area contributed by atoms with Gasteiger partial charge in [0.2, 0.25) is 5.91 Å². The average molecular weight is 242 g/mol. The molecule has 4 nitrogen and oxygen atoms in total. The van der Waals surface area contributed by atoms with Crippen LogP contribution in [0.1, 0.15) is 39.5 Å². The van der Waals surface area contributed by atoms with Gasteiger partial charge in [-0.1, -0.05) is 13.8 Å². The molecule has 1 amide bonds. The number of methoxy groups -OCH3 is 1. The second-order valence-corrected chi connectivity index (χ2v) is 4.92. The third-order valence-corrected chi connectivity index (χ3v) is 4.26. The van der Waals surface area contributed by atoms with E-state index in [9.17, 15) is 4.79 Å². The lowest BCUT2D eigenvalue weighted by Crippen LogP contribution is -2.50. The van der Waals surface area contributed by atoms with E-state index < -0.39 is 0 Å². The van der Waals surface area contributed by atoms with Crippen LogP contribution in [-0.2, 0) is 9.53 Å². The molecule has 1 aliphatic rings. The van der Waals surface area contributed by atoms with Crippen molar-refractivity contribution in [1.29, 1.82) is 0 Å². The summed E-state index contributed by atoms with van der Waals surface area (Å²) in [6.45, 7) is 6.16. The number of likely N-dealkylation sites (tertiary alicyclic amines) is 1. The molecular formula is C13H26N2O2. The Morgan fingerprint density at radius 1 is 1.35 bits per heavy atom. The van der Waals surface area contributed by atoms with Gasteiger partial charge in [-0.15, -0.1) is 0 Å². The fourth-order valence-electron chi connectivity index (χ4n) is 2.56. The highest BCUT2D eigenvalue weighted by atomic mass is 16.5. The lowest BCUT2D eigenvalue weighted by Gasteiger charge is -2.38. The number of nitrogens with two attached hydrogens (primary N) is 1. The topological polar surface area (TPSA) is 55.6 Å². The van der Waals surface area contributed by atoms with Crippen LogP contribution in [-0.4, -0.2) is 43.7 Å². The van der Waals surface area contributed by atoms with Crippen molar-refractivity contribution in [2.24, 2.45) is 11.1 Å². The van der Waals surface area contributed by atoms with Crippen molar-refractivity contribution >= 4 is 5.91 Å². The van der Waals surface area contributed by atoms with Crippen molar-refractivity contribution < 1.29 is 9.53 Å². The molecule has 1 saturated heterocycles. The first-order valence-electron chi connectivity index (χ1n) is 6.65. The largest absolute Gasteiger partial charge is 0.381 e. The molecule has 1 heterocycles. The summed E-state index contributed by atoms with van der Waals surface area (Å²) in [7, 11) is 1.74. The summed E-state index contributed by atoms with van der Waals surface area (Å²) >= 11 is 0. The number of carbonyl (C=O) groups is 1. The van der Waals surface area contributed by atoms with E-state index in [4.69, 9.17) is 10.5 Å². The minimum atomic E-state index is -0.347. The van der Waals surface area contributed by atoms with Crippen LogP contribution in [0, 0.1) is 5.41 Å². The highest BCUT2D eigenvalue weighted by molar-refractivity contribution is 5.83. The van der Waals surface area contributed by atoms with Gasteiger partial charge in [0.25, 0.3) is 0 Å². The molecule has 17 heavy (non-hydrogen) atoms. The van der Waals surface area contributed by atoms with Crippen LogP contribution in [0.3, 0.4) is 0 Å². The Bertz CT molecular complexity index is 236. The summed E-state index contributed by atoms with van der Waals surface area (Å²) in [5, 5.41) is 0. The van der Waals surface area contributed by atoms with Gasteiger partial charge in [0.05, 0.1) is 11.5 Å². The van der Waals surface area contributed by atoms with E-state index in [0.717, 1.165) is 38.8 Å². The lowest BCUT2D eigenvalue weighted by atomic mass is 9.80. The number of rotatable bonds is 5. The van der Waals surface area contributed by atoms with Crippen LogP contribution in [0.2, 0.25) is 0 Å². The Kier molecular flexibility index (Phi) is 5.40. The number of ether oxygens (including phenoxy) is 1. The summed E-state index contributed by atoms with van der Waals surface area (Å²) < 4.78 is 5.32. The van der Waals surface area contributed by atoms with Gasteiger partial charge in [0.15, 0.2) is 0 Å². The molecule has 0 atom stereocenters. The van der Waals surface area contributed by atoms with E-state index in [-0.39, 0.29) is 11.3 Å². The van der Waals surface area contributed by atoms with Crippen LogP contribution in [0.25, 0.3) is 0 Å². The number of hydrogen-bond acceptors (Lipinski definition) is 3. The molecule has 0 aromatic rings. The van der Waals surface area contributed by atoms with Gasteiger partial charge in [-0.25, -0.2) is 0 Å². The molecule has 2 N–H and O–H groups in total. The summed E-state index contributed by atoms with van der Waals surface area (Å²) in [5.41, 5.74) is 5.47. The fraction of sp³-hybridized carbons (Fsp3) is 0.923. The molecule has 1 aliphatic heterocycles. The predicted octanol–water partition coefficient (Wildman–Crippen LogP) is 1.39. The normalized spacial score (nSPS) is 18.5. The summed E-state index contributed by atoms with van der Waals surface area (Å²) in [4.78, 5) is 14.5. The lowest BCUT2D eigenvalue weighted by molar-refractivity contribution is -0.144. The minimum Gasteiger partial charge on any atom is -0.381 e. The number of hydrogen-bond donors (Lipinski definition) is 1. The zero-order chi connectivity index (χ0) is 12.9. The van der Waals surface area contributed by atoms with E-state index in [1.807, 2.05) is 4.90 Å². The number of carbonyl (C=O) groups excluding carboxylic acids is 1. The van der Waals surface area contributed by atoms with Crippen molar-refractivity contribution in [3.05, 3.63) is 0 Å². The molecular weight excluding hydrogens is 216 g/mol. The Balaban J connectivity index is 2.64. The minimum absolute atomic E-state index is 0.236. The van der Waals surface area contributed by atoms with Crippen molar-refractivity contribution in [1.82, 2.24) is 4.90 Å². The van der Waals surface area contributed by atoms with Gasteiger partial charge < -0.3 is 15.4 Å². The molecule has 0 radical (unpaired) electrons. The molecule has 1 rings (SSSR count). The Hall–Kier alpha value is -0.610.